The summed E-state index contributed by atoms with van der Waals surface area (Å²) in [6.07, 6.45) is 8.69. The minimum atomic E-state index is -0.901. The Morgan fingerprint density at radius 1 is 1.13 bits per heavy atom. The maximum atomic E-state index is 13.6. The van der Waals surface area contributed by atoms with Gasteiger partial charge in [-0.05, 0) is 88.4 Å². The number of carbonyl (C=O) groups is 1. The van der Waals surface area contributed by atoms with Crippen LogP contribution in [0.15, 0.2) is 36.7 Å². The number of rotatable bonds is 5. The minimum Gasteiger partial charge on any atom is -0.462 e. The van der Waals surface area contributed by atoms with E-state index in [4.69, 9.17) is 14.7 Å². The van der Waals surface area contributed by atoms with E-state index in [2.05, 4.69) is 54.6 Å². The Morgan fingerprint density at radius 3 is 2.67 bits per heavy atom. The molecule has 6 rings (SSSR count). The number of benzene rings is 1. The van der Waals surface area contributed by atoms with Crippen LogP contribution >= 0.6 is 0 Å². The van der Waals surface area contributed by atoms with Crippen LogP contribution in [0.2, 0.25) is 0 Å². The predicted molar refractivity (Wildman–Crippen MR) is 150 cm³/mol. The van der Waals surface area contributed by atoms with Gasteiger partial charge in [-0.15, -0.1) is 0 Å². The van der Waals surface area contributed by atoms with Crippen molar-refractivity contribution in [3.8, 4) is 6.01 Å². The van der Waals surface area contributed by atoms with Crippen molar-refractivity contribution in [2.75, 3.05) is 44.7 Å². The average Bonchev–Trinajstić information content (AvgIpc) is 3.35. The molecule has 2 aliphatic heterocycles. The lowest BCUT2D eigenvalue weighted by molar-refractivity contribution is -0.129. The van der Waals surface area contributed by atoms with Crippen LogP contribution in [0, 0.1) is 5.41 Å². The fourth-order valence-corrected chi connectivity index (χ4v) is 7.25. The van der Waals surface area contributed by atoms with Gasteiger partial charge in [0, 0.05) is 37.3 Å². The average molecular weight is 534 g/mol. The highest BCUT2D eigenvalue weighted by Gasteiger charge is 2.41. The van der Waals surface area contributed by atoms with Gasteiger partial charge < -0.3 is 19.4 Å². The number of nitrogens with zero attached hydrogens (tertiary/aromatic N) is 5. The summed E-state index contributed by atoms with van der Waals surface area (Å²) in [5, 5.41) is 0. The molecule has 0 N–H and O–H groups in total. The number of halogens is 1. The van der Waals surface area contributed by atoms with Crippen molar-refractivity contribution in [3.05, 3.63) is 59.1 Å². The Bertz CT molecular complexity index is 1270. The van der Waals surface area contributed by atoms with Crippen LogP contribution in [0.5, 0.6) is 6.01 Å². The van der Waals surface area contributed by atoms with Crippen LogP contribution in [0.3, 0.4) is 0 Å². The molecule has 2 aliphatic carbocycles. The van der Waals surface area contributed by atoms with Crippen molar-refractivity contribution < 1.29 is 13.9 Å². The van der Waals surface area contributed by atoms with Crippen molar-refractivity contribution in [2.45, 2.75) is 70.4 Å². The molecular weight excluding hydrogens is 493 g/mol. The van der Waals surface area contributed by atoms with Gasteiger partial charge in [-0.25, -0.2) is 4.39 Å². The highest BCUT2D eigenvalue weighted by molar-refractivity contribution is 5.90. The van der Waals surface area contributed by atoms with Crippen molar-refractivity contribution in [1.29, 1.82) is 0 Å². The maximum absolute atomic E-state index is 13.6. The summed E-state index contributed by atoms with van der Waals surface area (Å²) in [5.41, 5.74) is 5.51. The third-order valence-corrected chi connectivity index (χ3v) is 9.60. The molecule has 1 amide bonds. The van der Waals surface area contributed by atoms with E-state index in [-0.39, 0.29) is 11.5 Å². The number of aromatic nitrogens is 2. The van der Waals surface area contributed by atoms with Crippen LogP contribution in [0.4, 0.5) is 10.2 Å². The number of fused-ring (bicyclic) bond motifs is 2. The second-order valence-electron chi connectivity index (χ2n) is 12.2. The first-order chi connectivity index (χ1) is 18.8. The molecule has 0 bridgehead atoms. The standard InChI is InChI=1S/C31H40FN5O2/c1-21-19-36(29(38)22(2)32)15-16-37(21)28-26-11-13-31(12-10-23-7-4-5-8-24(23)17-31)18-27(26)33-30(34-28)39-20-25-9-6-14-35(25)3/h4-5,7-8,21,25H,2,6,9-20H2,1,3H3/t21-,25-,31+/m0/s1. The van der Waals surface area contributed by atoms with Gasteiger partial charge in [0.15, 0.2) is 5.83 Å². The van der Waals surface area contributed by atoms with Crippen molar-refractivity contribution in [1.82, 2.24) is 19.8 Å². The Kier molecular flexibility index (Phi) is 7.08. The zero-order chi connectivity index (χ0) is 27.1. The SMILES string of the molecule is C=C(F)C(=O)N1CCN(c2nc(OC[C@@H]3CCCN3C)nc3c2CC[C@@]2(CCc4ccccc4C2)C3)[C@@H](C)C1. The normalized spacial score (nSPS) is 26.8. The van der Waals surface area contributed by atoms with Crippen LogP contribution < -0.4 is 9.64 Å². The number of carbonyl (C=O) groups excluding carboxylic acids is 1. The molecule has 8 heteroatoms. The lowest BCUT2D eigenvalue weighted by Crippen LogP contribution is -2.54. The number of likely N-dealkylation sites (tertiary alicyclic amines) is 1. The Balaban J connectivity index is 1.29. The Labute approximate surface area is 231 Å². The molecule has 3 heterocycles. The molecule has 7 nitrogen and oxygen atoms in total. The number of anilines is 1. The summed E-state index contributed by atoms with van der Waals surface area (Å²) in [5.74, 6) is -0.586. The first kappa shape index (κ1) is 26.2. The third kappa shape index (κ3) is 5.15. The maximum Gasteiger partial charge on any atom is 0.318 e. The molecule has 1 aromatic heterocycles. The third-order valence-electron chi connectivity index (χ3n) is 9.60. The molecule has 208 valence electrons. The first-order valence-electron chi connectivity index (χ1n) is 14.5. The largest absolute Gasteiger partial charge is 0.462 e. The summed E-state index contributed by atoms with van der Waals surface area (Å²) >= 11 is 0. The number of piperazine rings is 1. The molecule has 4 aliphatic rings. The molecule has 2 aromatic rings. The molecule has 0 unspecified atom stereocenters. The fourth-order valence-electron chi connectivity index (χ4n) is 7.25. The van der Waals surface area contributed by atoms with Crippen LogP contribution in [-0.4, -0.2) is 77.6 Å². The number of aryl methyl sites for hydroxylation is 1. The summed E-state index contributed by atoms with van der Waals surface area (Å²) < 4.78 is 19.9. The lowest BCUT2D eigenvalue weighted by atomic mass is 9.63. The molecule has 2 fully saturated rings. The van der Waals surface area contributed by atoms with Gasteiger partial charge in [0.2, 0.25) is 0 Å². The van der Waals surface area contributed by atoms with Crippen molar-refractivity contribution in [3.63, 3.8) is 0 Å². The second kappa shape index (κ2) is 10.5. The zero-order valence-corrected chi connectivity index (χ0v) is 23.3. The fraction of sp³-hybridized carbons (Fsp3) is 0.581. The molecule has 0 radical (unpaired) electrons. The number of likely N-dealkylation sites (N-methyl/N-ethyl adjacent to an activating group) is 1. The van der Waals surface area contributed by atoms with Gasteiger partial charge in [0.25, 0.3) is 5.91 Å². The van der Waals surface area contributed by atoms with Crippen molar-refractivity contribution >= 4 is 11.7 Å². The second-order valence-corrected chi connectivity index (χ2v) is 12.2. The van der Waals surface area contributed by atoms with E-state index in [9.17, 15) is 9.18 Å². The van der Waals surface area contributed by atoms with E-state index in [1.54, 1.807) is 4.90 Å². The van der Waals surface area contributed by atoms with E-state index in [1.807, 2.05) is 0 Å². The quantitative estimate of drug-likeness (QED) is 0.539. The van der Waals surface area contributed by atoms with Crippen LogP contribution in [0.1, 0.15) is 55.0 Å². The van der Waals surface area contributed by atoms with E-state index < -0.39 is 11.7 Å². The van der Waals surface area contributed by atoms with Gasteiger partial charge in [0.1, 0.15) is 12.4 Å². The zero-order valence-electron chi connectivity index (χ0n) is 23.3. The molecule has 2 saturated heterocycles. The molecule has 39 heavy (non-hydrogen) atoms. The Hall–Kier alpha value is -3.00. The number of hydrogen-bond acceptors (Lipinski definition) is 6. The molecule has 1 spiro atoms. The predicted octanol–water partition coefficient (Wildman–Crippen LogP) is 4.13. The summed E-state index contributed by atoms with van der Waals surface area (Å²) in [7, 11) is 2.15. The lowest BCUT2D eigenvalue weighted by Gasteiger charge is -2.44. The number of ether oxygens (including phenoxy) is 1. The topological polar surface area (TPSA) is 61.8 Å². The highest BCUT2D eigenvalue weighted by Crippen LogP contribution is 2.47. The summed E-state index contributed by atoms with van der Waals surface area (Å²) in [6.45, 7) is 8.43. The van der Waals surface area contributed by atoms with E-state index >= 15 is 0 Å². The van der Waals surface area contributed by atoms with E-state index in [1.165, 1.54) is 29.5 Å². The number of hydrogen-bond donors (Lipinski definition) is 0. The van der Waals surface area contributed by atoms with Gasteiger partial charge >= 0.3 is 6.01 Å². The first-order valence-corrected chi connectivity index (χ1v) is 14.5. The Morgan fingerprint density at radius 2 is 1.92 bits per heavy atom. The van der Waals surface area contributed by atoms with Crippen LogP contribution in [-0.2, 0) is 30.5 Å². The molecule has 3 atom stereocenters. The van der Waals surface area contributed by atoms with Gasteiger partial charge in [-0.3, -0.25) is 4.79 Å². The molecule has 0 saturated carbocycles. The highest BCUT2D eigenvalue weighted by atomic mass is 19.1. The van der Waals surface area contributed by atoms with E-state index in [0.717, 1.165) is 56.6 Å². The van der Waals surface area contributed by atoms with Gasteiger partial charge in [0.05, 0.1) is 5.69 Å². The van der Waals surface area contributed by atoms with Gasteiger partial charge in [-0.2, -0.15) is 9.97 Å². The smallest absolute Gasteiger partial charge is 0.318 e. The number of amides is 1. The van der Waals surface area contributed by atoms with Gasteiger partial charge in [-0.1, -0.05) is 30.8 Å². The summed E-state index contributed by atoms with van der Waals surface area (Å²) in [6, 6.07) is 9.71. The van der Waals surface area contributed by atoms with E-state index in [0.29, 0.717) is 38.3 Å². The molecule has 1 aromatic carbocycles. The molecular formula is C31H40FN5O2. The van der Waals surface area contributed by atoms with Crippen molar-refractivity contribution in [2.24, 2.45) is 5.41 Å². The monoisotopic (exact) mass is 533 g/mol. The van der Waals surface area contributed by atoms with Crippen LogP contribution in [0.25, 0.3) is 0 Å². The summed E-state index contributed by atoms with van der Waals surface area (Å²) in [4.78, 5) is 28.5. The minimum absolute atomic E-state index is 0.00712.